The molecule has 4 heteroatoms. The molecule has 0 bridgehead atoms. The van der Waals surface area contributed by atoms with Crippen molar-refractivity contribution in [2.75, 3.05) is 5.32 Å². The summed E-state index contributed by atoms with van der Waals surface area (Å²) in [4.78, 5) is 12.5. The van der Waals surface area contributed by atoms with Gasteiger partial charge in [0.25, 0.3) is 5.91 Å². The van der Waals surface area contributed by atoms with Crippen LogP contribution in [0, 0.1) is 0 Å². The van der Waals surface area contributed by atoms with E-state index in [0.717, 1.165) is 11.3 Å². The fourth-order valence-corrected chi connectivity index (χ4v) is 1.92. The predicted molar refractivity (Wildman–Crippen MR) is 81.3 cm³/mol. The second-order valence-corrected chi connectivity index (χ2v) is 4.69. The van der Waals surface area contributed by atoms with Gasteiger partial charge in [-0.25, -0.2) is 0 Å². The summed E-state index contributed by atoms with van der Waals surface area (Å²) in [5, 5.41) is 2.84. The molecule has 0 fully saturated rings. The summed E-state index contributed by atoms with van der Waals surface area (Å²) in [5.74, 6) is -0.143. The summed E-state index contributed by atoms with van der Waals surface area (Å²) in [7, 11) is 0. The molecule has 0 unspecified atom stereocenters. The molecule has 19 heavy (non-hydrogen) atoms. The lowest BCUT2D eigenvalue weighted by atomic mass is 10.1. The molecular formula is C15H14N2OS. The van der Waals surface area contributed by atoms with Crippen LogP contribution in [0.15, 0.2) is 54.6 Å². The first-order valence-corrected chi connectivity index (χ1v) is 6.29. The summed E-state index contributed by atoms with van der Waals surface area (Å²) in [6, 6.07) is 16.6. The van der Waals surface area contributed by atoms with Gasteiger partial charge < -0.3 is 11.1 Å². The molecule has 0 aromatic heterocycles. The van der Waals surface area contributed by atoms with Crippen molar-refractivity contribution in [1.29, 1.82) is 0 Å². The van der Waals surface area contributed by atoms with Crippen molar-refractivity contribution in [3.63, 3.8) is 0 Å². The van der Waals surface area contributed by atoms with Gasteiger partial charge in [0, 0.05) is 17.7 Å². The first-order valence-electron chi connectivity index (χ1n) is 5.89. The molecule has 0 spiro atoms. The topological polar surface area (TPSA) is 55.1 Å². The van der Waals surface area contributed by atoms with Crippen LogP contribution in [0.2, 0.25) is 0 Å². The standard InChI is InChI=1S/C15H14N2OS/c16-14(19)10-11-5-4-6-12(9-11)15(18)17-13-7-2-1-3-8-13/h1-9H,10H2,(H2,16,19)(H,17,18). The largest absolute Gasteiger partial charge is 0.393 e. The molecule has 0 aliphatic carbocycles. The zero-order chi connectivity index (χ0) is 13.7. The number of rotatable bonds is 4. The van der Waals surface area contributed by atoms with Gasteiger partial charge in [0.2, 0.25) is 0 Å². The Labute approximate surface area is 117 Å². The summed E-state index contributed by atoms with van der Waals surface area (Å²) in [6.45, 7) is 0. The first-order chi connectivity index (χ1) is 9.15. The van der Waals surface area contributed by atoms with Crippen LogP contribution in [0.3, 0.4) is 0 Å². The van der Waals surface area contributed by atoms with Crippen LogP contribution >= 0.6 is 12.2 Å². The van der Waals surface area contributed by atoms with Gasteiger partial charge in [-0.1, -0.05) is 42.5 Å². The molecule has 0 atom stereocenters. The third-order valence-electron chi connectivity index (χ3n) is 2.60. The van der Waals surface area contributed by atoms with Gasteiger partial charge in [-0.05, 0) is 29.8 Å². The zero-order valence-corrected chi connectivity index (χ0v) is 11.1. The maximum absolute atomic E-state index is 12.1. The van der Waals surface area contributed by atoms with Gasteiger partial charge in [-0.3, -0.25) is 4.79 Å². The number of nitrogens with one attached hydrogen (secondary N) is 1. The van der Waals surface area contributed by atoms with E-state index in [1.165, 1.54) is 0 Å². The van der Waals surface area contributed by atoms with Crippen molar-refractivity contribution in [1.82, 2.24) is 0 Å². The minimum atomic E-state index is -0.143. The molecule has 0 saturated heterocycles. The van der Waals surface area contributed by atoms with Crippen molar-refractivity contribution in [2.24, 2.45) is 5.73 Å². The SMILES string of the molecule is NC(=S)Cc1cccc(C(=O)Nc2ccccc2)c1. The monoisotopic (exact) mass is 270 g/mol. The van der Waals surface area contributed by atoms with Crippen molar-refractivity contribution in [2.45, 2.75) is 6.42 Å². The summed E-state index contributed by atoms with van der Waals surface area (Å²) < 4.78 is 0. The molecule has 3 N–H and O–H groups in total. The fraction of sp³-hybridized carbons (Fsp3) is 0.0667. The summed E-state index contributed by atoms with van der Waals surface area (Å²) in [6.07, 6.45) is 0.502. The third-order valence-corrected chi connectivity index (χ3v) is 2.74. The van der Waals surface area contributed by atoms with E-state index in [1.54, 1.807) is 12.1 Å². The Kier molecular flexibility index (Phi) is 4.26. The first kappa shape index (κ1) is 13.2. The summed E-state index contributed by atoms with van der Waals surface area (Å²) >= 11 is 4.87. The van der Waals surface area contributed by atoms with E-state index >= 15 is 0 Å². The van der Waals surface area contributed by atoms with Crippen LogP contribution in [0.1, 0.15) is 15.9 Å². The highest BCUT2D eigenvalue weighted by Gasteiger charge is 2.06. The Bertz CT molecular complexity index is 596. The Morgan fingerprint density at radius 2 is 1.84 bits per heavy atom. The molecule has 0 radical (unpaired) electrons. The number of carbonyl (C=O) groups is 1. The highest BCUT2D eigenvalue weighted by Crippen LogP contribution is 2.11. The number of hydrogen-bond acceptors (Lipinski definition) is 2. The van der Waals surface area contributed by atoms with Gasteiger partial charge in [-0.2, -0.15) is 0 Å². The smallest absolute Gasteiger partial charge is 0.255 e. The Balaban J connectivity index is 2.13. The van der Waals surface area contributed by atoms with Crippen LogP contribution in [-0.2, 0) is 6.42 Å². The minimum absolute atomic E-state index is 0.143. The Morgan fingerprint density at radius 3 is 2.53 bits per heavy atom. The predicted octanol–water partition coefficient (Wildman–Crippen LogP) is 2.77. The number of amides is 1. The van der Waals surface area contributed by atoms with Crippen LogP contribution < -0.4 is 11.1 Å². The number of anilines is 1. The van der Waals surface area contributed by atoms with E-state index < -0.39 is 0 Å². The second kappa shape index (κ2) is 6.11. The van der Waals surface area contributed by atoms with Crippen molar-refractivity contribution in [3.05, 3.63) is 65.7 Å². The molecule has 2 aromatic rings. The van der Waals surface area contributed by atoms with Gasteiger partial charge in [-0.15, -0.1) is 0 Å². The average Bonchev–Trinajstić information content (AvgIpc) is 2.39. The lowest BCUT2D eigenvalue weighted by Gasteiger charge is -2.06. The number of hydrogen-bond donors (Lipinski definition) is 2. The van der Waals surface area contributed by atoms with Crippen molar-refractivity contribution >= 4 is 28.8 Å². The highest BCUT2D eigenvalue weighted by molar-refractivity contribution is 7.80. The number of benzene rings is 2. The van der Waals surface area contributed by atoms with Crippen LogP contribution in [0.4, 0.5) is 5.69 Å². The number of carbonyl (C=O) groups excluding carboxylic acids is 1. The minimum Gasteiger partial charge on any atom is -0.393 e. The molecule has 3 nitrogen and oxygen atoms in total. The van der Waals surface area contributed by atoms with E-state index in [4.69, 9.17) is 18.0 Å². The molecular weight excluding hydrogens is 256 g/mol. The maximum Gasteiger partial charge on any atom is 0.255 e. The molecule has 2 aromatic carbocycles. The average molecular weight is 270 g/mol. The zero-order valence-electron chi connectivity index (χ0n) is 10.3. The second-order valence-electron chi connectivity index (χ2n) is 4.16. The van der Waals surface area contributed by atoms with E-state index in [0.29, 0.717) is 17.0 Å². The van der Waals surface area contributed by atoms with Crippen molar-refractivity contribution < 1.29 is 4.79 Å². The van der Waals surface area contributed by atoms with Crippen molar-refractivity contribution in [3.8, 4) is 0 Å². The molecule has 0 heterocycles. The Morgan fingerprint density at radius 1 is 1.11 bits per heavy atom. The van der Waals surface area contributed by atoms with Gasteiger partial charge in [0.1, 0.15) is 0 Å². The van der Waals surface area contributed by atoms with E-state index in [2.05, 4.69) is 5.32 Å². The Hall–Kier alpha value is -2.20. The van der Waals surface area contributed by atoms with Gasteiger partial charge >= 0.3 is 0 Å². The van der Waals surface area contributed by atoms with E-state index in [-0.39, 0.29) is 5.91 Å². The molecule has 0 saturated carbocycles. The number of thiocarbonyl (C=S) groups is 1. The van der Waals surface area contributed by atoms with Gasteiger partial charge in [0.05, 0.1) is 4.99 Å². The van der Waals surface area contributed by atoms with E-state index in [1.807, 2.05) is 42.5 Å². The number of nitrogens with two attached hydrogens (primary N) is 1. The third kappa shape index (κ3) is 3.89. The van der Waals surface area contributed by atoms with E-state index in [9.17, 15) is 4.79 Å². The maximum atomic E-state index is 12.1. The summed E-state index contributed by atoms with van der Waals surface area (Å²) in [5.41, 5.74) is 7.81. The lowest BCUT2D eigenvalue weighted by Crippen LogP contribution is -2.14. The highest BCUT2D eigenvalue weighted by atomic mass is 32.1. The van der Waals surface area contributed by atoms with Crippen LogP contribution in [0.25, 0.3) is 0 Å². The normalized spacial score (nSPS) is 9.89. The molecule has 0 aliphatic rings. The lowest BCUT2D eigenvalue weighted by molar-refractivity contribution is 0.102. The molecule has 96 valence electrons. The van der Waals surface area contributed by atoms with Gasteiger partial charge in [0.15, 0.2) is 0 Å². The molecule has 2 rings (SSSR count). The number of para-hydroxylation sites is 1. The fourth-order valence-electron chi connectivity index (χ4n) is 1.75. The van der Waals surface area contributed by atoms with Crippen LogP contribution in [0.5, 0.6) is 0 Å². The quantitative estimate of drug-likeness (QED) is 0.840. The molecule has 0 aliphatic heterocycles. The molecule has 1 amide bonds. The van der Waals surface area contributed by atoms with Crippen LogP contribution in [-0.4, -0.2) is 10.9 Å².